The molecule has 18 heavy (non-hydrogen) atoms. The van der Waals surface area contributed by atoms with Gasteiger partial charge in [0.15, 0.2) is 0 Å². The monoisotopic (exact) mass is 261 g/mol. The number of nitrogens with zero attached hydrogens (tertiary/aromatic N) is 1. The quantitative estimate of drug-likeness (QED) is 0.554. The van der Waals surface area contributed by atoms with Crippen molar-refractivity contribution in [2.45, 2.75) is 17.1 Å². The second kappa shape index (κ2) is 7.77. The van der Waals surface area contributed by atoms with Crippen LogP contribution in [-0.2, 0) is 4.79 Å². The largest absolute Gasteiger partial charge is 0.334 e. The van der Waals surface area contributed by atoms with Crippen molar-refractivity contribution >= 4 is 17.7 Å². The van der Waals surface area contributed by atoms with Crippen LogP contribution in [0.1, 0.15) is 6.92 Å². The molecule has 0 bridgehead atoms. The summed E-state index contributed by atoms with van der Waals surface area (Å²) < 4.78 is 0. The van der Waals surface area contributed by atoms with Crippen molar-refractivity contribution in [3.8, 4) is 0 Å². The van der Waals surface area contributed by atoms with Crippen LogP contribution in [0, 0.1) is 0 Å². The fourth-order valence-electron chi connectivity index (χ4n) is 1.58. The molecule has 0 aliphatic carbocycles. The molecule has 0 aliphatic rings. The molecule has 2 nitrogen and oxygen atoms in total. The maximum Gasteiger partial charge on any atom is 0.236 e. The zero-order valence-electron chi connectivity index (χ0n) is 10.7. The van der Waals surface area contributed by atoms with Crippen LogP contribution in [0.4, 0.5) is 0 Å². The Labute approximate surface area is 113 Å². The van der Waals surface area contributed by atoms with E-state index >= 15 is 0 Å². The summed E-state index contributed by atoms with van der Waals surface area (Å²) in [5, 5.41) is -0.104. The molecule has 0 saturated heterocycles. The Kier molecular flexibility index (Phi) is 6.29. The summed E-state index contributed by atoms with van der Waals surface area (Å²) in [5.74, 6) is 0.114. The van der Waals surface area contributed by atoms with Gasteiger partial charge in [-0.05, 0) is 19.1 Å². The number of hydrogen-bond donors (Lipinski definition) is 0. The van der Waals surface area contributed by atoms with Crippen LogP contribution in [0.25, 0.3) is 0 Å². The minimum absolute atomic E-state index is 0.104. The third-order valence-corrected chi connectivity index (χ3v) is 3.51. The lowest BCUT2D eigenvalue weighted by Gasteiger charge is -2.23. The smallest absolute Gasteiger partial charge is 0.236 e. The highest BCUT2D eigenvalue weighted by Gasteiger charge is 2.19. The summed E-state index contributed by atoms with van der Waals surface area (Å²) in [5.41, 5.74) is 0. The van der Waals surface area contributed by atoms with Crippen LogP contribution >= 0.6 is 11.8 Å². The number of carbonyl (C=O) groups is 1. The van der Waals surface area contributed by atoms with Gasteiger partial charge >= 0.3 is 0 Å². The number of benzene rings is 1. The molecule has 0 aliphatic heterocycles. The number of amides is 1. The molecule has 1 unspecified atom stereocenters. The van der Waals surface area contributed by atoms with E-state index in [4.69, 9.17) is 0 Å². The zero-order chi connectivity index (χ0) is 13.4. The molecule has 0 radical (unpaired) electrons. The molecule has 0 spiro atoms. The highest BCUT2D eigenvalue weighted by atomic mass is 32.2. The molecule has 0 saturated carbocycles. The summed E-state index contributed by atoms with van der Waals surface area (Å²) in [6.07, 6.45) is 3.47. The Morgan fingerprint density at radius 1 is 1.28 bits per heavy atom. The Balaban J connectivity index is 2.64. The zero-order valence-corrected chi connectivity index (χ0v) is 11.5. The van der Waals surface area contributed by atoms with Gasteiger partial charge in [-0.1, -0.05) is 30.4 Å². The molecule has 1 rings (SSSR count). The summed E-state index contributed by atoms with van der Waals surface area (Å²) in [7, 11) is 0. The maximum absolute atomic E-state index is 12.2. The first-order valence-electron chi connectivity index (χ1n) is 5.91. The third kappa shape index (κ3) is 4.41. The Hall–Kier alpha value is -1.48. The fraction of sp³-hybridized carbons (Fsp3) is 0.267. The number of hydrogen-bond acceptors (Lipinski definition) is 2. The van der Waals surface area contributed by atoms with Gasteiger partial charge in [-0.2, -0.15) is 0 Å². The van der Waals surface area contributed by atoms with E-state index in [0.717, 1.165) is 4.90 Å². The average molecular weight is 261 g/mol. The van der Waals surface area contributed by atoms with Gasteiger partial charge in [0.25, 0.3) is 0 Å². The predicted octanol–water partition coefficient (Wildman–Crippen LogP) is 3.37. The van der Waals surface area contributed by atoms with Crippen molar-refractivity contribution < 1.29 is 4.79 Å². The number of rotatable bonds is 7. The SMILES string of the molecule is C=CCN(CC=C)C(=O)C(C)Sc1ccccc1. The molecular weight excluding hydrogens is 242 g/mol. The van der Waals surface area contributed by atoms with Crippen LogP contribution in [0.15, 0.2) is 60.5 Å². The van der Waals surface area contributed by atoms with Crippen molar-refractivity contribution in [3.63, 3.8) is 0 Å². The second-order valence-electron chi connectivity index (χ2n) is 3.89. The van der Waals surface area contributed by atoms with E-state index in [1.165, 1.54) is 0 Å². The molecular formula is C15H19NOS. The van der Waals surface area contributed by atoms with E-state index in [1.54, 1.807) is 28.8 Å². The standard InChI is InChI=1S/C15H19NOS/c1-4-11-16(12-5-2)15(17)13(3)18-14-9-7-6-8-10-14/h4-10,13H,1-2,11-12H2,3H3. The highest BCUT2D eigenvalue weighted by molar-refractivity contribution is 8.00. The Bertz CT molecular complexity index is 392. The van der Waals surface area contributed by atoms with E-state index in [2.05, 4.69) is 13.2 Å². The van der Waals surface area contributed by atoms with E-state index in [9.17, 15) is 4.79 Å². The van der Waals surface area contributed by atoms with Crippen molar-refractivity contribution in [2.24, 2.45) is 0 Å². The lowest BCUT2D eigenvalue weighted by atomic mass is 10.3. The third-order valence-electron chi connectivity index (χ3n) is 2.41. The Morgan fingerprint density at radius 2 is 1.83 bits per heavy atom. The van der Waals surface area contributed by atoms with Crippen LogP contribution < -0.4 is 0 Å². The minimum atomic E-state index is -0.104. The second-order valence-corrected chi connectivity index (χ2v) is 5.31. The van der Waals surface area contributed by atoms with Gasteiger partial charge in [0, 0.05) is 18.0 Å². The van der Waals surface area contributed by atoms with Crippen molar-refractivity contribution in [1.29, 1.82) is 0 Å². The minimum Gasteiger partial charge on any atom is -0.334 e. The molecule has 0 fully saturated rings. The summed E-state index contributed by atoms with van der Waals surface area (Å²) in [6.45, 7) is 10.4. The van der Waals surface area contributed by atoms with Crippen LogP contribution in [-0.4, -0.2) is 29.1 Å². The van der Waals surface area contributed by atoms with Gasteiger partial charge in [0.05, 0.1) is 5.25 Å². The van der Waals surface area contributed by atoms with Gasteiger partial charge in [0.2, 0.25) is 5.91 Å². The van der Waals surface area contributed by atoms with Gasteiger partial charge < -0.3 is 4.90 Å². The van der Waals surface area contributed by atoms with Gasteiger partial charge in [-0.15, -0.1) is 24.9 Å². The summed E-state index contributed by atoms with van der Waals surface area (Å²) >= 11 is 1.57. The molecule has 1 aromatic carbocycles. The summed E-state index contributed by atoms with van der Waals surface area (Å²) in [6, 6.07) is 9.95. The topological polar surface area (TPSA) is 20.3 Å². The van der Waals surface area contributed by atoms with Crippen molar-refractivity contribution in [1.82, 2.24) is 4.90 Å². The normalized spacial score (nSPS) is 11.6. The molecule has 0 aromatic heterocycles. The Morgan fingerprint density at radius 3 is 2.33 bits per heavy atom. The highest BCUT2D eigenvalue weighted by Crippen LogP contribution is 2.23. The lowest BCUT2D eigenvalue weighted by molar-refractivity contribution is -0.129. The van der Waals surface area contributed by atoms with E-state index < -0.39 is 0 Å². The van der Waals surface area contributed by atoms with Gasteiger partial charge in [0.1, 0.15) is 0 Å². The maximum atomic E-state index is 12.2. The molecule has 3 heteroatoms. The lowest BCUT2D eigenvalue weighted by Crippen LogP contribution is -2.36. The predicted molar refractivity (Wildman–Crippen MR) is 78.7 cm³/mol. The van der Waals surface area contributed by atoms with Crippen molar-refractivity contribution in [3.05, 3.63) is 55.6 Å². The number of carbonyl (C=O) groups excluding carboxylic acids is 1. The molecule has 0 heterocycles. The fourth-order valence-corrected chi connectivity index (χ4v) is 2.55. The van der Waals surface area contributed by atoms with Crippen molar-refractivity contribution in [2.75, 3.05) is 13.1 Å². The first-order chi connectivity index (χ1) is 8.69. The molecule has 96 valence electrons. The molecule has 1 atom stereocenters. The van der Waals surface area contributed by atoms with E-state index in [-0.39, 0.29) is 11.2 Å². The first-order valence-corrected chi connectivity index (χ1v) is 6.79. The number of thioether (sulfide) groups is 1. The van der Waals surface area contributed by atoms with E-state index in [0.29, 0.717) is 13.1 Å². The van der Waals surface area contributed by atoms with Gasteiger partial charge in [-0.25, -0.2) is 0 Å². The first kappa shape index (κ1) is 14.6. The van der Waals surface area contributed by atoms with Crippen LogP contribution in [0.5, 0.6) is 0 Å². The molecule has 1 amide bonds. The molecule has 0 N–H and O–H groups in total. The summed E-state index contributed by atoms with van der Waals surface area (Å²) in [4.78, 5) is 15.1. The van der Waals surface area contributed by atoms with Crippen LogP contribution in [0.2, 0.25) is 0 Å². The van der Waals surface area contributed by atoms with E-state index in [1.807, 2.05) is 37.3 Å². The molecule has 1 aromatic rings. The van der Waals surface area contributed by atoms with Crippen LogP contribution in [0.3, 0.4) is 0 Å². The van der Waals surface area contributed by atoms with Gasteiger partial charge in [-0.3, -0.25) is 4.79 Å². The average Bonchev–Trinajstić information content (AvgIpc) is 2.39.